The van der Waals surface area contributed by atoms with E-state index in [1.165, 1.54) is 6.26 Å². The molecule has 3 rings (SSSR count). The van der Waals surface area contributed by atoms with Crippen LogP contribution in [0.4, 0.5) is 0 Å². The summed E-state index contributed by atoms with van der Waals surface area (Å²) in [6.07, 6.45) is 3.03. The molecule has 1 aromatic heterocycles. The third-order valence-electron chi connectivity index (χ3n) is 3.80. The van der Waals surface area contributed by atoms with E-state index in [2.05, 4.69) is 4.98 Å². The van der Waals surface area contributed by atoms with Crippen LogP contribution in [0.15, 0.2) is 65.7 Å². The number of halogens is 1. The van der Waals surface area contributed by atoms with E-state index in [0.717, 1.165) is 27.9 Å². The SMILES string of the molecule is Cc1ccc(-c2ccc(Cl)cc2-c2ccc(S(C)(=O)=O)cc2)cn1. The molecule has 0 fully saturated rings. The Hall–Kier alpha value is -2.17. The lowest BCUT2D eigenvalue weighted by Gasteiger charge is -2.11. The lowest BCUT2D eigenvalue weighted by atomic mass is 9.95. The second-order valence-corrected chi connectivity index (χ2v) is 8.13. The summed E-state index contributed by atoms with van der Waals surface area (Å²) in [5.74, 6) is 0. The molecule has 0 saturated heterocycles. The highest BCUT2D eigenvalue weighted by Gasteiger charge is 2.11. The maximum atomic E-state index is 11.6. The molecule has 0 unspecified atom stereocenters. The fourth-order valence-electron chi connectivity index (χ4n) is 2.52. The summed E-state index contributed by atoms with van der Waals surface area (Å²) in [4.78, 5) is 4.64. The maximum Gasteiger partial charge on any atom is 0.175 e. The molecule has 0 amide bonds. The molecule has 5 heteroatoms. The van der Waals surface area contributed by atoms with Gasteiger partial charge in [0.25, 0.3) is 0 Å². The second kappa shape index (κ2) is 6.38. The Bertz CT molecular complexity index is 979. The van der Waals surface area contributed by atoms with Crippen molar-refractivity contribution in [2.24, 2.45) is 0 Å². The highest BCUT2D eigenvalue weighted by atomic mass is 35.5. The highest BCUT2D eigenvalue weighted by Crippen LogP contribution is 2.34. The van der Waals surface area contributed by atoms with Gasteiger partial charge in [-0.05, 0) is 53.9 Å². The number of sulfone groups is 1. The number of aryl methyl sites for hydroxylation is 1. The number of benzene rings is 2. The quantitative estimate of drug-likeness (QED) is 0.677. The molecule has 3 nitrogen and oxygen atoms in total. The number of aromatic nitrogens is 1. The van der Waals surface area contributed by atoms with E-state index in [-0.39, 0.29) is 0 Å². The van der Waals surface area contributed by atoms with Gasteiger partial charge >= 0.3 is 0 Å². The van der Waals surface area contributed by atoms with E-state index in [1.807, 2.05) is 43.5 Å². The summed E-state index contributed by atoms with van der Waals surface area (Å²) in [7, 11) is -3.21. The van der Waals surface area contributed by atoms with Crippen LogP contribution in [-0.4, -0.2) is 19.7 Å². The number of hydrogen-bond acceptors (Lipinski definition) is 3. The van der Waals surface area contributed by atoms with Crippen molar-refractivity contribution >= 4 is 21.4 Å². The normalized spacial score (nSPS) is 11.5. The molecule has 0 spiro atoms. The van der Waals surface area contributed by atoms with Crippen LogP contribution in [0.5, 0.6) is 0 Å². The monoisotopic (exact) mass is 357 g/mol. The molecule has 122 valence electrons. The second-order valence-electron chi connectivity index (χ2n) is 5.67. The third kappa shape index (κ3) is 3.50. The van der Waals surface area contributed by atoms with Gasteiger partial charge in [0.1, 0.15) is 0 Å². The zero-order valence-electron chi connectivity index (χ0n) is 13.3. The van der Waals surface area contributed by atoms with E-state index < -0.39 is 9.84 Å². The summed E-state index contributed by atoms with van der Waals surface area (Å²) in [6, 6.07) is 16.5. The van der Waals surface area contributed by atoms with Crippen molar-refractivity contribution < 1.29 is 8.42 Å². The molecule has 0 atom stereocenters. The molecule has 0 aliphatic heterocycles. The topological polar surface area (TPSA) is 47.0 Å². The summed E-state index contributed by atoms with van der Waals surface area (Å²) in [6.45, 7) is 1.94. The summed E-state index contributed by atoms with van der Waals surface area (Å²) >= 11 is 6.17. The lowest BCUT2D eigenvalue weighted by molar-refractivity contribution is 0.602. The first-order valence-electron chi connectivity index (χ1n) is 7.38. The molecular weight excluding hydrogens is 342 g/mol. The van der Waals surface area contributed by atoms with E-state index in [9.17, 15) is 8.42 Å². The summed E-state index contributed by atoms with van der Waals surface area (Å²) < 4.78 is 23.3. The van der Waals surface area contributed by atoms with E-state index in [4.69, 9.17) is 11.6 Å². The van der Waals surface area contributed by atoms with E-state index in [0.29, 0.717) is 9.92 Å². The van der Waals surface area contributed by atoms with Gasteiger partial charge in [0, 0.05) is 28.7 Å². The molecule has 3 aromatic rings. The average Bonchev–Trinajstić information content (AvgIpc) is 2.55. The molecular formula is C19H16ClNO2S. The van der Waals surface area contributed by atoms with Crippen molar-refractivity contribution in [2.75, 3.05) is 6.26 Å². The van der Waals surface area contributed by atoms with Gasteiger partial charge in [-0.3, -0.25) is 4.98 Å². The van der Waals surface area contributed by atoms with Crippen LogP contribution in [0.1, 0.15) is 5.69 Å². The van der Waals surface area contributed by atoms with E-state index >= 15 is 0 Å². The van der Waals surface area contributed by atoms with Gasteiger partial charge < -0.3 is 0 Å². The number of hydrogen-bond donors (Lipinski definition) is 0. The van der Waals surface area contributed by atoms with Gasteiger partial charge in [0.2, 0.25) is 0 Å². The van der Waals surface area contributed by atoms with Crippen molar-refractivity contribution in [1.82, 2.24) is 4.98 Å². The first-order valence-corrected chi connectivity index (χ1v) is 9.64. The molecule has 0 bridgehead atoms. The smallest absolute Gasteiger partial charge is 0.175 e. The average molecular weight is 358 g/mol. The van der Waals surface area contributed by atoms with Crippen molar-refractivity contribution in [3.63, 3.8) is 0 Å². The van der Waals surface area contributed by atoms with Crippen molar-refractivity contribution in [1.29, 1.82) is 0 Å². The van der Waals surface area contributed by atoms with Gasteiger partial charge in [-0.2, -0.15) is 0 Å². The summed E-state index contributed by atoms with van der Waals surface area (Å²) in [5.41, 5.74) is 4.78. The number of pyridine rings is 1. The van der Waals surface area contributed by atoms with Crippen molar-refractivity contribution in [3.8, 4) is 22.3 Å². The number of rotatable bonds is 3. The highest BCUT2D eigenvalue weighted by molar-refractivity contribution is 7.90. The van der Waals surface area contributed by atoms with Crippen molar-refractivity contribution in [2.45, 2.75) is 11.8 Å². The van der Waals surface area contributed by atoms with Crippen LogP contribution in [0.2, 0.25) is 5.02 Å². The standard InChI is InChI=1S/C19H16ClNO2S/c1-13-3-4-15(12-21-13)18-10-7-16(20)11-19(18)14-5-8-17(9-6-14)24(2,22)23/h3-12H,1-2H3. The van der Waals surface area contributed by atoms with Crippen LogP contribution in [0, 0.1) is 6.92 Å². The Morgan fingerprint density at radius 1 is 0.875 bits per heavy atom. The fourth-order valence-corrected chi connectivity index (χ4v) is 3.32. The fraction of sp³-hybridized carbons (Fsp3) is 0.105. The van der Waals surface area contributed by atoms with Crippen molar-refractivity contribution in [3.05, 3.63) is 71.5 Å². The molecule has 0 radical (unpaired) electrons. The lowest BCUT2D eigenvalue weighted by Crippen LogP contribution is -1.96. The molecule has 0 N–H and O–H groups in total. The zero-order valence-corrected chi connectivity index (χ0v) is 14.9. The predicted octanol–water partition coefficient (Wildman–Crippen LogP) is 4.78. The largest absolute Gasteiger partial charge is 0.261 e. The van der Waals surface area contributed by atoms with Gasteiger partial charge in [0.05, 0.1) is 4.90 Å². The van der Waals surface area contributed by atoms with Crippen LogP contribution >= 0.6 is 11.6 Å². The molecule has 1 heterocycles. The minimum Gasteiger partial charge on any atom is -0.261 e. The third-order valence-corrected chi connectivity index (χ3v) is 5.16. The number of nitrogens with zero attached hydrogens (tertiary/aromatic N) is 1. The first kappa shape index (κ1) is 16.7. The Morgan fingerprint density at radius 3 is 2.12 bits per heavy atom. The molecule has 2 aromatic carbocycles. The van der Waals surface area contributed by atoms with Gasteiger partial charge in [-0.15, -0.1) is 0 Å². The maximum absolute atomic E-state index is 11.6. The van der Waals surface area contributed by atoms with Gasteiger partial charge in [0.15, 0.2) is 9.84 Å². The van der Waals surface area contributed by atoms with Crippen LogP contribution in [0.3, 0.4) is 0 Å². The Morgan fingerprint density at radius 2 is 1.54 bits per heavy atom. The first-order chi connectivity index (χ1) is 11.3. The Labute approximate surface area is 146 Å². The minimum atomic E-state index is -3.21. The Kier molecular flexibility index (Phi) is 4.43. The molecule has 24 heavy (non-hydrogen) atoms. The van der Waals surface area contributed by atoms with Crippen LogP contribution in [0.25, 0.3) is 22.3 Å². The summed E-state index contributed by atoms with van der Waals surface area (Å²) in [5, 5.41) is 0.626. The molecule has 0 aliphatic carbocycles. The van der Waals surface area contributed by atoms with Crippen LogP contribution in [-0.2, 0) is 9.84 Å². The predicted molar refractivity (Wildman–Crippen MR) is 98.0 cm³/mol. The molecule has 0 saturated carbocycles. The molecule has 0 aliphatic rings. The zero-order chi connectivity index (χ0) is 17.3. The van der Waals surface area contributed by atoms with Crippen LogP contribution < -0.4 is 0 Å². The van der Waals surface area contributed by atoms with Gasteiger partial charge in [-0.1, -0.05) is 35.9 Å². The van der Waals surface area contributed by atoms with E-state index in [1.54, 1.807) is 24.3 Å². The van der Waals surface area contributed by atoms with Gasteiger partial charge in [-0.25, -0.2) is 8.42 Å². The Balaban J connectivity index is 2.13. The minimum absolute atomic E-state index is 0.298.